The van der Waals surface area contributed by atoms with Crippen LogP contribution in [0.2, 0.25) is 5.15 Å². The molecule has 0 radical (unpaired) electrons. The quantitative estimate of drug-likeness (QED) is 0.780. The number of aryl methyl sites for hydroxylation is 1. The van der Waals surface area contributed by atoms with Crippen molar-refractivity contribution < 1.29 is 4.74 Å². The Kier molecular flexibility index (Phi) is 3.59. The van der Waals surface area contributed by atoms with Crippen LogP contribution in [0.1, 0.15) is 12.5 Å². The number of benzene rings is 1. The van der Waals surface area contributed by atoms with Crippen LogP contribution in [0.5, 0.6) is 5.75 Å². The zero-order chi connectivity index (χ0) is 12.3. The van der Waals surface area contributed by atoms with Crippen molar-refractivity contribution in [1.29, 1.82) is 0 Å². The van der Waals surface area contributed by atoms with E-state index < -0.39 is 0 Å². The van der Waals surface area contributed by atoms with Gasteiger partial charge >= 0.3 is 0 Å². The fourth-order valence-corrected chi connectivity index (χ4v) is 1.75. The molecule has 88 valence electrons. The van der Waals surface area contributed by atoms with Crippen molar-refractivity contribution >= 4 is 11.6 Å². The van der Waals surface area contributed by atoms with Gasteiger partial charge in [-0.3, -0.25) is 0 Å². The standard InChI is InChI=1S/C13H13ClN2O/c1-3-17-12-5-4-9(2)6-10(12)11-7-13(14)16-8-15-11/h4-8H,3H2,1-2H3. The molecule has 0 unspecified atom stereocenters. The zero-order valence-electron chi connectivity index (χ0n) is 9.77. The minimum atomic E-state index is 0.430. The first-order chi connectivity index (χ1) is 8.20. The number of hydrogen-bond acceptors (Lipinski definition) is 3. The predicted molar refractivity (Wildman–Crippen MR) is 68.4 cm³/mol. The normalized spacial score (nSPS) is 10.3. The van der Waals surface area contributed by atoms with E-state index in [0.717, 1.165) is 22.6 Å². The molecule has 0 aliphatic rings. The van der Waals surface area contributed by atoms with Crippen molar-refractivity contribution in [3.8, 4) is 17.0 Å². The molecule has 0 aliphatic carbocycles. The lowest BCUT2D eigenvalue weighted by atomic mass is 10.1. The molecule has 2 rings (SSSR count). The van der Waals surface area contributed by atoms with Gasteiger partial charge in [-0.15, -0.1) is 0 Å². The molecule has 1 heterocycles. The maximum atomic E-state index is 5.87. The van der Waals surface area contributed by atoms with Gasteiger partial charge < -0.3 is 4.74 Å². The Morgan fingerprint density at radius 1 is 1.24 bits per heavy atom. The van der Waals surface area contributed by atoms with E-state index in [2.05, 4.69) is 9.97 Å². The SMILES string of the molecule is CCOc1ccc(C)cc1-c1cc(Cl)ncn1. The Balaban J connectivity index is 2.52. The highest BCUT2D eigenvalue weighted by molar-refractivity contribution is 6.29. The van der Waals surface area contributed by atoms with E-state index >= 15 is 0 Å². The molecule has 0 atom stereocenters. The average molecular weight is 249 g/mol. The van der Waals surface area contributed by atoms with Gasteiger partial charge in [0.05, 0.1) is 12.3 Å². The first-order valence-corrected chi connectivity index (χ1v) is 5.80. The predicted octanol–water partition coefficient (Wildman–Crippen LogP) is 3.50. The lowest BCUT2D eigenvalue weighted by Gasteiger charge is -2.10. The number of aromatic nitrogens is 2. The molecule has 0 fully saturated rings. The second-order valence-electron chi connectivity index (χ2n) is 3.66. The highest BCUT2D eigenvalue weighted by atomic mass is 35.5. The second kappa shape index (κ2) is 5.15. The number of rotatable bonds is 3. The van der Waals surface area contributed by atoms with Crippen LogP contribution in [0.4, 0.5) is 0 Å². The molecule has 0 bridgehead atoms. The third-order valence-corrected chi connectivity index (χ3v) is 2.55. The summed E-state index contributed by atoms with van der Waals surface area (Å²) < 4.78 is 5.58. The third-order valence-electron chi connectivity index (χ3n) is 2.34. The van der Waals surface area contributed by atoms with Gasteiger partial charge in [-0.2, -0.15) is 0 Å². The maximum absolute atomic E-state index is 5.87. The Labute approximate surface area is 105 Å². The van der Waals surface area contributed by atoms with E-state index in [4.69, 9.17) is 16.3 Å². The minimum absolute atomic E-state index is 0.430. The van der Waals surface area contributed by atoms with Gasteiger partial charge in [-0.1, -0.05) is 23.2 Å². The van der Waals surface area contributed by atoms with Crippen molar-refractivity contribution in [2.75, 3.05) is 6.61 Å². The summed E-state index contributed by atoms with van der Waals surface area (Å²) in [6.07, 6.45) is 1.45. The first-order valence-electron chi connectivity index (χ1n) is 5.42. The van der Waals surface area contributed by atoms with Gasteiger partial charge in [-0.25, -0.2) is 9.97 Å². The van der Waals surface area contributed by atoms with E-state index in [0.29, 0.717) is 11.8 Å². The number of hydrogen-bond donors (Lipinski definition) is 0. The van der Waals surface area contributed by atoms with Gasteiger partial charge in [0, 0.05) is 11.6 Å². The van der Waals surface area contributed by atoms with Crippen LogP contribution in [0.25, 0.3) is 11.3 Å². The summed E-state index contributed by atoms with van der Waals surface area (Å²) in [4.78, 5) is 8.10. The molecule has 4 heteroatoms. The van der Waals surface area contributed by atoms with Gasteiger partial charge in [-0.05, 0) is 26.0 Å². The summed E-state index contributed by atoms with van der Waals surface area (Å²) in [7, 11) is 0. The Hall–Kier alpha value is -1.61. The van der Waals surface area contributed by atoms with Gasteiger partial charge in [0.1, 0.15) is 17.2 Å². The highest BCUT2D eigenvalue weighted by Crippen LogP contribution is 2.30. The maximum Gasteiger partial charge on any atom is 0.133 e. The highest BCUT2D eigenvalue weighted by Gasteiger charge is 2.08. The third kappa shape index (κ3) is 2.74. The molecular formula is C13H13ClN2O. The largest absolute Gasteiger partial charge is 0.493 e. The van der Waals surface area contributed by atoms with Gasteiger partial charge in [0.15, 0.2) is 0 Å². The Morgan fingerprint density at radius 3 is 2.76 bits per heavy atom. The van der Waals surface area contributed by atoms with Crippen molar-refractivity contribution in [1.82, 2.24) is 9.97 Å². The molecule has 3 nitrogen and oxygen atoms in total. The van der Waals surface area contributed by atoms with E-state index in [9.17, 15) is 0 Å². The lowest BCUT2D eigenvalue weighted by Crippen LogP contribution is -1.96. The molecule has 0 amide bonds. The topological polar surface area (TPSA) is 35.0 Å². The molecule has 2 aromatic rings. The Bertz CT molecular complexity index is 529. The molecule has 1 aromatic carbocycles. The molecule has 0 spiro atoms. The average Bonchev–Trinajstić information content (AvgIpc) is 2.32. The van der Waals surface area contributed by atoms with Crippen LogP contribution < -0.4 is 4.74 Å². The van der Waals surface area contributed by atoms with E-state index in [1.165, 1.54) is 6.33 Å². The summed E-state index contributed by atoms with van der Waals surface area (Å²) in [5.74, 6) is 0.813. The van der Waals surface area contributed by atoms with Gasteiger partial charge in [0.25, 0.3) is 0 Å². The van der Waals surface area contributed by atoms with Crippen LogP contribution in [0.3, 0.4) is 0 Å². The molecule has 0 N–H and O–H groups in total. The molecule has 1 aromatic heterocycles. The summed E-state index contributed by atoms with van der Waals surface area (Å²) in [6.45, 7) is 4.60. The van der Waals surface area contributed by atoms with Crippen LogP contribution >= 0.6 is 11.6 Å². The molecule has 0 saturated heterocycles. The van der Waals surface area contributed by atoms with E-state index in [-0.39, 0.29) is 0 Å². The van der Waals surface area contributed by atoms with Crippen LogP contribution in [0, 0.1) is 6.92 Å². The fourth-order valence-electron chi connectivity index (χ4n) is 1.61. The molecule has 17 heavy (non-hydrogen) atoms. The van der Waals surface area contributed by atoms with Crippen molar-refractivity contribution in [3.63, 3.8) is 0 Å². The van der Waals surface area contributed by atoms with Crippen LogP contribution in [-0.2, 0) is 0 Å². The van der Waals surface area contributed by atoms with Gasteiger partial charge in [0.2, 0.25) is 0 Å². The van der Waals surface area contributed by atoms with Crippen molar-refractivity contribution in [2.45, 2.75) is 13.8 Å². The number of nitrogens with zero attached hydrogens (tertiary/aromatic N) is 2. The Morgan fingerprint density at radius 2 is 2.06 bits per heavy atom. The molecule has 0 saturated carbocycles. The summed E-state index contributed by atoms with van der Waals surface area (Å²) in [5, 5.41) is 0.430. The minimum Gasteiger partial charge on any atom is -0.493 e. The van der Waals surface area contributed by atoms with E-state index in [1.54, 1.807) is 6.07 Å². The molecular weight excluding hydrogens is 236 g/mol. The summed E-state index contributed by atoms with van der Waals surface area (Å²) >= 11 is 5.87. The summed E-state index contributed by atoms with van der Waals surface area (Å²) in [5.41, 5.74) is 2.87. The van der Waals surface area contributed by atoms with Crippen molar-refractivity contribution in [3.05, 3.63) is 41.3 Å². The molecule has 0 aliphatic heterocycles. The fraction of sp³-hybridized carbons (Fsp3) is 0.231. The monoisotopic (exact) mass is 248 g/mol. The summed E-state index contributed by atoms with van der Waals surface area (Å²) in [6, 6.07) is 7.73. The van der Waals surface area contributed by atoms with E-state index in [1.807, 2.05) is 32.0 Å². The number of halogens is 1. The first kappa shape index (κ1) is 11.9. The van der Waals surface area contributed by atoms with Crippen molar-refractivity contribution in [2.24, 2.45) is 0 Å². The number of ether oxygens (including phenoxy) is 1. The van der Waals surface area contributed by atoms with Crippen LogP contribution in [0.15, 0.2) is 30.6 Å². The second-order valence-corrected chi connectivity index (χ2v) is 4.05. The smallest absolute Gasteiger partial charge is 0.133 e. The van der Waals surface area contributed by atoms with Crippen LogP contribution in [-0.4, -0.2) is 16.6 Å². The lowest BCUT2D eigenvalue weighted by molar-refractivity contribution is 0.341. The zero-order valence-corrected chi connectivity index (χ0v) is 10.5.